The van der Waals surface area contributed by atoms with Gasteiger partial charge in [0.2, 0.25) is 0 Å². The summed E-state index contributed by atoms with van der Waals surface area (Å²) in [4.78, 5) is 13.1. The molecule has 1 aromatic heterocycles. The summed E-state index contributed by atoms with van der Waals surface area (Å²) in [6.07, 6.45) is -0.346. The first-order chi connectivity index (χ1) is 12.7. The summed E-state index contributed by atoms with van der Waals surface area (Å²) < 4.78 is 16.2. The molecule has 0 unspecified atom stereocenters. The van der Waals surface area contributed by atoms with Gasteiger partial charge in [0.05, 0.1) is 0 Å². The molecule has 0 radical (unpaired) electrons. The topological polar surface area (TPSA) is 40.5 Å². The summed E-state index contributed by atoms with van der Waals surface area (Å²) in [5, 5.41) is 1.03. The van der Waals surface area contributed by atoms with Gasteiger partial charge in [0.25, 0.3) is 0 Å². The van der Waals surface area contributed by atoms with Gasteiger partial charge in [-0.1, -0.05) is 0 Å². The van der Waals surface area contributed by atoms with Gasteiger partial charge in [-0.25, -0.2) is 0 Å². The number of carbonyl (C=O) groups excluding carboxylic acids is 1. The average Bonchev–Trinajstić information content (AvgIpc) is 3.09. The second-order valence-electron chi connectivity index (χ2n) is 8.16. The van der Waals surface area contributed by atoms with Gasteiger partial charge in [-0.2, -0.15) is 0 Å². The zero-order valence-electron chi connectivity index (χ0n) is 16.2. The van der Waals surface area contributed by atoms with E-state index in [4.69, 9.17) is 7.80 Å². The second-order valence-corrected chi connectivity index (χ2v) is 12.3. The Balaban J connectivity index is 1.91. The molecule has 2 aromatic carbocycles. The van der Waals surface area contributed by atoms with Crippen LogP contribution in [-0.2, 0) is 13.4 Å². The number of rotatable bonds is 1. The van der Waals surface area contributed by atoms with Crippen molar-refractivity contribution in [2.24, 2.45) is 0 Å². The summed E-state index contributed by atoms with van der Waals surface area (Å²) in [5.41, 5.74) is 1.18. The molecule has 5 heteroatoms. The van der Waals surface area contributed by atoms with Crippen LogP contribution < -0.4 is 0 Å². The summed E-state index contributed by atoms with van der Waals surface area (Å²) in [5.74, 6) is 0. The van der Waals surface area contributed by atoms with Crippen LogP contribution in [0.3, 0.4) is 0 Å². The van der Waals surface area contributed by atoms with Crippen molar-refractivity contribution >= 4 is 37.2 Å². The molecule has 3 aromatic rings. The van der Waals surface area contributed by atoms with Gasteiger partial charge in [-0.15, -0.1) is 0 Å². The van der Waals surface area contributed by atoms with Crippen LogP contribution in [0.15, 0.2) is 54.6 Å². The van der Waals surface area contributed by atoms with Crippen molar-refractivity contribution in [2.75, 3.05) is 0 Å². The van der Waals surface area contributed by atoms with Crippen molar-refractivity contribution in [2.45, 2.75) is 45.8 Å². The standard InChI is InChI=1S/C22H24INO3/c1-21(2,3)26-20(25)24-18-13-9-6-10-15(18)14-19(24)23-17-12-8-7-11-16(17)22(4,5)27-23/h6-14H,1-5H3. The summed E-state index contributed by atoms with van der Waals surface area (Å²) >= 11 is -2.26. The Kier molecular flexibility index (Phi) is 4.35. The number of hydrogen-bond acceptors (Lipinski definition) is 3. The van der Waals surface area contributed by atoms with Crippen LogP contribution in [0.2, 0.25) is 0 Å². The molecule has 0 bridgehead atoms. The Morgan fingerprint density at radius 3 is 2.48 bits per heavy atom. The summed E-state index contributed by atoms with van der Waals surface area (Å²) in [7, 11) is 0. The summed E-state index contributed by atoms with van der Waals surface area (Å²) in [6, 6.07) is 18.4. The van der Waals surface area contributed by atoms with E-state index in [0.717, 1.165) is 14.6 Å². The number of hydrogen-bond donors (Lipinski definition) is 0. The van der Waals surface area contributed by atoms with E-state index in [1.807, 2.05) is 51.1 Å². The molecule has 4 nitrogen and oxygen atoms in total. The molecule has 142 valence electrons. The molecule has 2 heterocycles. The van der Waals surface area contributed by atoms with Crippen LogP contribution in [0.4, 0.5) is 4.79 Å². The molecule has 0 spiro atoms. The number of carbonyl (C=O) groups is 1. The van der Waals surface area contributed by atoms with Gasteiger partial charge in [0.1, 0.15) is 0 Å². The van der Waals surface area contributed by atoms with Crippen molar-refractivity contribution in [1.29, 1.82) is 0 Å². The van der Waals surface area contributed by atoms with Crippen molar-refractivity contribution in [3.63, 3.8) is 0 Å². The minimum absolute atomic E-state index is 0.346. The fourth-order valence-corrected chi connectivity index (χ4v) is 9.06. The van der Waals surface area contributed by atoms with Crippen LogP contribution in [0.1, 0.15) is 40.2 Å². The second kappa shape index (κ2) is 6.34. The van der Waals surface area contributed by atoms with E-state index in [2.05, 4.69) is 38.1 Å². The Hall–Kier alpha value is -1.86. The Labute approximate surface area is 167 Å². The molecule has 1 aliphatic rings. The van der Waals surface area contributed by atoms with Crippen molar-refractivity contribution in [1.82, 2.24) is 4.57 Å². The van der Waals surface area contributed by atoms with Gasteiger partial charge >= 0.3 is 168 Å². The number of nitrogens with zero attached hydrogens (tertiary/aromatic N) is 1. The molecule has 0 atom stereocenters. The first kappa shape index (κ1) is 18.5. The van der Waals surface area contributed by atoms with E-state index in [1.165, 1.54) is 9.13 Å². The number of aromatic nitrogens is 1. The van der Waals surface area contributed by atoms with Crippen molar-refractivity contribution in [3.8, 4) is 0 Å². The number of halogens is 1. The molecule has 0 N–H and O–H groups in total. The molecular formula is C22H24INO3. The zero-order valence-corrected chi connectivity index (χ0v) is 18.4. The third-order valence-electron chi connectivity index (χ3n) is 4.40. The molecule has 0 fully saturated rings. The van der Waals surface area contributed by atoms with Gasteiger partial charge in [0.15, 0.2) is 0 Å². The van der Waals surface area contributed by atoms with E-state index in [1.54, 1.807) is 4.57 Å². The molecule has 0 saturated heterocycles. The normalized spacial score (nSPS) is 17.1. The van der Waals surface area contributed by atoms with E-state index in [-0.39, 0.29) is 11.7 Å². The van der Waals surface area contributed by atoms with Crippen molar-refractivity contribution < 1.29 is 12.6 Å². The molecule has 1 aliphatic heterocycles. The molecular weight excluding hydrogens is 453 g/mol. The average molecular weight is 477 g/mol. The third kappa shape index (κ3) is 3.27. The monoisotopic (exact) mass is 477 g/mol. The fourth-order valence-electron chi connectivity index (χ4n) is 3.26. The maximum atomic E-state index is 13.1. The number of para-hydroxylation sites is 1. The van der Waals surface area contributed by atoms with E-state index >= 15 is 0 Å². The molecule has 0 amide bonds. The first-order valence-electron chi connectivity index (χ1n) is 9.00. The van der Waals surface area contributed by atoms with E-state index in [9.17, 15) is 4.79 Å². The first-order valence-corrected chi connectivity index (χ1v) is 12.0. The zero-order chi connectivity index (χ0) is 19.4. The van der Waals surface area contributed by atoms with Crippen LogP contribution >= 0.6 is 20.2 Å². The number of benzene rings is 2. The quantitative estimate of drug-likeness (QED) is 0.395. The predicted octanol–water partition coefficient (Wildman–Crippen LogP) is 6.15. The number of fused-ring (bicyclic) bond motifs is 2. The minimum atomic E-state index is -2.26. The van der Waals surface area contributed by atoms with E-state index < -0.39 is 25.8 Å². The molecule has 0 saturated carbocycles. The van der Waals surface area contributed by atoms with Gasteiger partial charge in [-0.05, 0) is 0 Å². The van der Waals surface area contributed by atoms with Gasteiger partial charge in [0, 0.05) is 0 Å². The third-order valence-corrected chi connectivity index (χ3v) is 9.73. The Morgan fingerprint density at radius 1 is 1.07 bits per heavy atom. The maximum absolute atomic E-state index is 13.1. The number of ether oxygens (including phenoxy) is 1. The molecule has 0 aliphatic carbocycles. The summed E-state index contributed by atoms with van der Waals surface area (Å²) in [6.45, 7) is 9.87. The Morgan fingerprint density at radius 2 is 1.74 bits per heavy atom. The van der Waals surface area contributed by atoms with Crippen LogP contribution in [-0.4, -0.2) is 16.3 Å². The SMILES string of the molecule is CC(C)(C)OC(=O)n1c(I2OC(C)(C)c3ccccc32)cc2ccccc21. The van der Waals surface area contributed by atoms with Crippen LogP contribution in [0.5, 0.6) is 0 Å². The van der Waals surface area contributed by atoms with Crippen LogP contribution in [0, 0.1) is 7.27 Å². The van der Waals surface area contributed by atoms with E-state index in [0.29, 0.717) is 0 Å². The van der Waals surface area contributed by atoms with Gasteiger partial charge in [-0.3, -0.25) is 0 Å². The van der Waals surface area contributed by atoms with Crippen molar-refractivity contribution in [3.05, 3.63) is 67.4 Å². The Bertz CT molecular complexity index is 1030. The molecule has 27 heavy (non-hydrogen) atoms. The molecule has 4 rings (SSSR count). The van der Waals surface area contributed by atoms with Crippen LogP contribution in [0.25, 0.3) is 10.9 Å². The fraction of sp³-hybridized carbons (Fsp3) is 0.318. The predicted molar refractivity (Wildman–Crippen MR) is 116 cm³/mol. The van der Waals surface area contributed by atoms with Gasteiger partial charge < -0.3 is 0 Å².